The Morgan fingerprint density at radius 3 is 1.45 bits per heavy atom. The van der Waals surface area contributed by atoms with Crippen LogP contribution in [0.1, 0.15) is 285 Å². The average molecular weight is 1470 g/mol. The van der Waals surface area contributed by atoms with Crippen LogP contribution in [0.5, 0.6) is 0 Å². The normalized spacial score (nSPS) is 20.9. The van der Waals surface area contributed by atoms with Crippen LogP contribution in [-0.2, 0) is 89.4 Å². The number of hydrogen-bond acceptors (Lipinski definition) is 22. The standard InChI is InChI=1S/C79H137O22P/c1-10-18-22-26-29-32-33-34-35-36-37-39-41-45-49-53-68(81)98-75-73(89-60-54-65(87-9)52-48-43-25-21-13-4)71(101-102(86,94-57-16-7)95-58-17-8)67(63-93-78(84)90-55-14-5)97-77(75)92-62-66-70(100-79(85)91-56-15-6)72(88-59-50-46-42-31-28-24-20-12-3)74(76(83)96-66)99-69(82)61-64(80)51-47-44-40-38-30-27-23-19-11-2/h14-17,32-33,65-67,70-77,83H,5-8,10-13,18-31,34-63H2,1-4,9H3/t65-,66-,67-,70-,71-,72+,73+,74-,75-,76+,77-/m1/s1. The molecule has 22 nitrogen and oxygen atoms in total. The van der Waals surface area contributed by atoms with Crippen LogP contribution in [-0.4, -0.2) is 163 Å². The summed E-state index contributed by atoms with van der Waals surface area (Å²) in [7, 11) is -3.07. The van der Waals surface area contributed by atoms with Crippen LogP contribution in [0, 0.1) is 0 Å². The van der Waals surface area contributed by atoms with Gasteiger partial charge in [-0.2, -0.15) is 0 Å². The number of aliphatic hydroxyl groups is 1. The van der Waals surface area contributed by atoms with E-state index in [1.807, 2.05) is 0 Å². The Morgan fingerprint density at radius 1 is 0.441 bits per heavy atom. The average Bonchev–Trinajstić information content (AvgIpc) is 0.782. The monoisotopic (exact) mass is 1470 g/mol. The van der Waals surface area contributed by atoms with Gasteiger partial charge >= 0.3 is 32.1 Å². The third-order valence-electron chi connectivity index (χ3n) is 17.9. The van der Waals surface area contributed by atoms with Crippen molar-refractivity contribution in [3.05, 3.63) is 62.8 Å². The molecule has 23 heteroatoms. The Kier molecular flexibility index (Phi) is 57.8. The molecule has 102 heavy (non-hydrogen) atoms. The van der Waals surface area contributed by atoms with Gasteiger partial charge < -0.3 is 61.9 Å². The summed E-state index contributed by atoms with van der Waals surface area (Å²) in [6.45, 7) is 21.0. The lowest BCUT2D eigenvalue weighted by molar-refractivity contribution is -0.332. The van der Waals surface area contributed by atoms with Crippen molar-refractivity contribution >= 4 is 37.9 Å². The number of phosphoric acid groups is 1. The minimum Gasteiger partial charge on any atom is -0.454 e. The molecule has 0 aromatic rings. The van der Waals surface area contributed by atoms with Crippen LogP contribution in [0.3, 0.4) is 0 Å². The van der Waals surface area contributed by atoms with Gasteiger partial charge in [0.25, 0.3) is 0 Å². The van der Waals surface area contributed by atoms with E-state index in [0.29, 0.717) is 32.1 Å². The lowest BCUT2D eigenvalue weighted by atomic mass is 9.97. The molecule has 0 saturated carbocycles. The van der Waals surface area contributed by atoms with Crippen LogP contribution < -0.4 is 0 Å². The van der Waals surface area contributed by atoms with Gasteiger partial charge in [0.15, 0.2) is 30.9 Å². The largest absolute Gasteiger partial charge is 0.509 e. The van der Waals surface area contributed by atoms with Crippen LogP contribution in [0.2, 0.25) is 0 Å². The quantitative estimate of drug-likeness (QED) is 0.0148. The maximum Gasteiger partial charge on any atom is 0.509 e. The summed E-state index contributed by atoms with van der Waals surface area (Å²) in [6.07, 6.45) is 27.7. The Hall–Kier alpha value is -4.32. The molecule has 1 N–H and O–H groups in total. The van der Waals surface area contributed by atoms with Crippen LogP contribution in [0.25, 0.3) is 0 Å². The Labute approximate surface area is 614 Å². The van der Waals surface area contributed by atoms with Crippen molar-refractivity contribution in [1.82, 2.24) is 0 Å². The summed E-state index contributed by atoms with van der Waals surface area (Å²) in [5.74, 6) is -1.96. The minimum atomic E-state index is -4.69. The first-order valence-electron chi connectivity index (χ1n) is 39.2. The van der Waals surface area contributed by atoms with Gasteiger partial charge in [-0.15, -0.1) is 13.2 Å². The van der Waals surface area contributed by atoms with Gasteiger partial charge in [0.2, 0.25) is 0 Å². The highest BCUT2D eigenvalue weighted by molar-refractivity contribution is 7.48. The fourth-order valence-corrected chi connectivity index (χ4v) is 13.5. The smallest absolute Gasteiger partial charge is 0.454 e. The first-order valence-corrected chi connectivity index (χ1v) is 40.7. The highest BCUT2D eigenvalue weighted by Gasteiger charge is 2.56. The molecular weight excluding hydrogens is 1330 g/mol. The number of aliphatic hydroxyl groups excluding tert-OH is 1. The molecule has 0 aromatic carbocycles. The number of ketones is 1. The van der Waals surface area contributed by atoms with Crippen molar-refractivity contribution in [2.75, 3.05) is 60.0 Å². The molecule has 2 aliphatic rings. The first kappa shape index (κ1) is 93.8. The first-order chi connectivity index (χ1) is 49.7. The van der Waals surface area contributed by atoms with Crippen molar-refractivity contribution in [3.8, 4) is 0 Å². The maximum atomic E-state index is 14.8. The molecular formula is C79H137O22P. The second kappa shape index (κ2) is 62.8. The molecule has 0 aromatic heterocycles. The lowest BCUT2D eigenvalue weighted by Crippen LogP contribution is -2.64. The molecule has 2 heterocycles. The number of esters is 2. The van der Waals surface area contributed by atoms with Crippen molar-refractivity contribution < 1.29 is 104 Å². The third kappa shape index (κ3) is 44.6. The fourth-order valence-electron chi connectivity index (χ4n) is 12.2. The van der Waals surface area contributed by atoms with Gasteiger partial charge in [-0.3, -0.25) is 28.0 Å². The van der Waals surface area contributed by atoms with E-state index in [-0.39, 0.29) is 64.4 Å². The highest BCUT2D eigenvalue weighted by Crippen LogP contribution is 2.53. The number of allylic oxidation sites excluding steroid dienone is 2. The molecule has 0 bridgehead atoms. The van der Waals surface area contributed by atoms with E-state index in [9.17, 15) is 33.6 Å². The molecule has 0 radical (unpaired) electrons. The van der Waals surface area contributed by atoms with Gasteiger partial charge in [-0.25, -0.2) is 14.2 Å². The molecule has 2 rings (SSSR count). The number of carbonyl (C=O) groups excluding carboxylic acids is 5. The minimum absolute atomic E-state index is 0.0388. The zero-order chi connectivity index (χ0) is 74.5. The molecule has 0 unspecified atom stereocenters. The van der Waals surface area contributed by atoms with E-state index in [0.717, 1.165) is 154 Å². The summed E-state index contributed by atoms with van der Waals surface area (Å²) >= 11 is 0. The molecule has 0 spiro atoms. The number of Topliss-reactive ketones (excluding diaryl/α,β-unsaturated/α-hetero) is 1. The Morgan fingerprint density at radius 2 is 0.902 bits per heavy atom. The van der Waals surface area contributed by atoms with Gasteiger partial charge in [-0.1, -0.05) is 257 Å². The number of phosphoric ester groups is 1. The van der Waals surface area contributed by atoms with Crippen molar-refractivity contribution in [2.24, 2.45) is 0 Å². The van der Waals surface area contributed by atoms with E-state index < -0.39 is 113 Å². The second-order valence-corrected chi connectivity index (χ2v) is 28.4. The Bertz CT molecular complexity index is 2250. The number of rotatable bonds is 68. The van der Waals surface area contributed by atoms with E-state index in [1.165, 1.54) is 75.7 Å². The molecule has 2 fully saturated rings. The predicted molar refractivity (Wildman–Crippen MR) is 396 cm³/mol. The molecule has 590 valence electrons. The molecule has 2 saturated heterocycles. The molecule has 2 aliphatic heterocycles. The zero-order valence-corrected chi connectivity index (χ0v) is 64.4. The predicted octanol–water partition coefficient (Wildman–Crippen LogP) is 18.8. The van der Waals surface area contributed by atoms with Crippen LogP contribution in [0.4, 0.5) is 9.59 Å². The third-order valence-corrected chi connectivity index (χ3v) is 19.3. The van der Waals surface area contributed by atoms with E-state index in [1.54, 1.807) is 7.11 Å². The van der Waals surface area contributed by atoms with Gasteiger partial charge in [0.1, 0.15) is 62.5 Å². The SMILES string of the molecule is C=CCOC(=O)OC[C@H]1O[C@@H](OC[C@H]2O[C@H](O)[C@H](OC(=O)CC(=O)CCCCCCCCCCC)[C@@H](OCCCCCCCCCC)[C@@H]2OC(=O)OCC=C)[C@H](OC(=O)CCCCCCCCCC=CCCCCCC)[C@@H](OCC[C@@H](CCCCCCC)OC)[C@@H]1OP(=O)(OCC=C)OCC=C. The topological polar surface area (TPSA) is 261 Å². The summed E-state index contributed by atoms with van der Waals surface area (Å²) in [5.41, 5.74) is 0. The highest BCUT2D eigenvalue weighted by atomic mass is 31.2. The lowest BCUT2D eigenvalue weighted by Gasteiger charge is -2.46. The summed E-state index contributed by atoms with van der Waals surface area (Å²) in [4.78, 5) is 68.6. The van der Waals surface area contributed by atoms with Crippen LogP contribution >= 0.6 is 7.82 Å². The molecule has 11 atom stereocenters. The summed E-state index contributed by atoms with van der Waals surface area (Å²) in [5, 5.41) is 12.1. The van der Waals surface area contributed by atoms with Crippen molar-refractivity contribution in [2.45, 2.75) is 352 Å². The summed E-state index contributed by atoms with van der Waals surface area (Å²) < 4.78 is 106. The molecule has 0 amide bonds. The molecule has 0 aliphatic carbocycles. The van der Waals surface area contributed by atoms with Gasteiger partial charge in [-0.05, 0) is 57.8 Å². The number of hydrogen-bond donors (Lipinski definition) is 1. The van der Waals surface area contributed by atoms with E-state index in [2.05, 4.69) is 66.2 Å². The van der Waals surface area contributed by atoms with Crippen LogP contribution in [0.15, 0.2) is 62.8 Å². The van der Waals surface area contributed by atoms with E-state index in [4.69, 9.17) is 70.4 Å². The number of unbranched alkanes of at least 4 members (excludes halogenated alkanes) is 30. The maximum absolute atomic E-state index is 14.8. The second-order valence-electron chi connectivity index (χ2n) is 26.8. The fraction of sp³-hybridized carbons (Fsp3) is 0.810. The van der Waals surface area contributed by atoms with E-state index >= 15 is 0 Å². The van der Waals surface area contributed by atoms with Gasteiger partial charge in [0, 0.05) is 33.2 Å². The van der Waals surface area contributed by atoms with Crippen molar-refractivity contribution in [1.29, 1.82) is 0 Å². The number of carbonyl (C=O) groups is 5. The number of methoxy groups -OCH3 is 1. The zero-order valence-electron chi connectivity index (χ0n) is 63.6. The van der Waals surface area contributed by atoms with Gasteiger partial charge in [0.05, 0.1) is 25.9 Å². The number of ether oxygens (including phenoxy) is 12. The Balaban J connectivity index is 2.77. The summed E-state index contributed by atoms with van der Waals surface area (Å²) in [6, 6.07) is 0. The van der Waals surface area contributed by atoms with Crippen molar-refractivity contribution in [3.63, 3.8) is 0 Å².